The Morgan fingerprint density at radius 2 is 2.20 bits per heavy atom. The number of aliphatic hydroxyl groups is 3. The van der Waals surface area contributed by atoms with Gasteiger partial charge in [-0.25, -0.2) is 9.78 Å². The second-order valence-electron chi connectivity index (χ2n) is 4.51. The van der Waals surface area contributed by atoms with Crippen molar-refractivity contribution in [3.05, 3.63) is 16.8 Å². The van der Waals surface area contributed by atoms with Gasteiger partial charge in [0.25, 0.3) is 0 Å². The molecule has 1 saturated heterocycles. The highest BCUT2D eigenvalue weighted by atomic mass is 16.6. The SMILES string of the molecule is Nc1[nH]c(=O)nc2c1ncn2[C@H]1O[C@@H](CO)[C@H](O)[C@@H]1O. The van der Waals surface area contributed by atoms with Crippen molar-refractivity contribution in [2.75, 3.05) is 12.3 Å². The summed E-state index contributed by atoms with van der Waals surface area (Å²) >= 11 is 0. The van der Waals surface area contributed by atoms with Gasteiger partial charge in [-0.1, -0.05) is 0 Å². The summed E-state index contributed by atoms with van der Waals surface area (Å²) in [6, 6.07) is 0. The van der Waals surface area contributed by atoms with E-state index in [-0.39, 0.29) is 17.0 Å². The van der Waals surface area contributed by atoms with Crippen LogP contribution in [0.4, 0.5) is 5.82 Å². The van der Waals surface area contributed by atoms with Crippen molar-refractivity contribution in [3.63, 3.8) is 0 Å². The van der Waals surface area contributed by atoms with Gasteiger partial charge in [0, 0.05) is 0 Å². The first-order valence-electron chi connectivity index (χ1n) is 5.87. The van der Waals surface area contributed by atoms with Gasteiger partial charge in [0.2, 0.25) is 0 Å². The van der Waals surface area contributed by atoms with E-state index in [4.69, 9.17) is 15.6 Å². The molecule has 0 spiro atoms. The van der Waals surface area contributed by atoms with E-state index < -0.39 is 36.8 Å². The molecule has 3 rings (SSSR count). The summed E-state index contributed by atoms with van der Waals surface area (Å²) in [7, 11) is 0. The second-order valence-corrected chi connectivity index (χ2v) is 4.51. The Kier molecular flexibility index (Phi) is 2.94. The summed E-state index contributed by atoms with van der Waals surface area (Å²) in [5.41, 5.74) is 5.34. The molecule has 6 N–H and O–H groups in total. The molecule has 0 aromatic carbocycles. The zero-order valence-corrected chi connectivity index (χ0v) is 10.2. The predicted octanol–water partition coefficient (Wildman–Crippen LogP) is -2.69. The number of nitrogens with zero attached hydrogens (tertiary/aromatic N) is 3. The number of nitrogens with two attached hydrogens (primary N) is 1. The van der Waals surface area contributed by atoms with E-state index >= 15 is 0 Å². The summed E-state index contributed by atoms with van der Waals surface area (Å²) in [5.74, 6) is 0.0468. The molecule has 20 heavy (non-hydrogen) atoms. The zero-order valence-electron chi connectivity index (χ0n) is 10.2. The zero-order chi connectivity index (χ0) is 14.4. The standard InChI is InChI=1S/C10H13N5O5/c11-7-4-8(14-10(19)13-7)15(2-12-4)9-6(18)5(17)3(1-16)20-9/h2-3,5-6,9,16-18H,1H2,(H3,11,13,14,19)/t3-,5-,6-,9-/m0/s1. The number of anilines is 1. The Morgan fingerprint density at radius 3 is 2.85 bits per heavy atom. The Bertz CT molecular complexity index is 697. The van der Waals surface area contributed by atoms with Crippen molar-refractivity contribution < 1.29 is 20.1 Å². The lowest BCUT2D eigenvalue weighted by atomic mass is 10.1. The number of H-pyrrole nitrogens is 1. The van der Waals surface area contributed by atoms with Gasteiger partial charge in [-0.15, -0.1) is 0 Å². The number of fused-ring (bicyclic) bond motifs is 1. The lowest BCUT2D eigenvalue weighted by Crippen LogP contribution is -2.33. The van der Waals surface area contributed by atoms with Gasteiger partial charge in [0.05, 0.1) is 12.9 Å². The molecule has 3 heterocycles. The number of aromatic amines is 1. The summed E-state index contributed by atoms with van der Waals surface area (Å²) in [6.45, 7) is -0.447. The number of aliphatic hydroxyl groups excluding tert-OH is 3. The van der Waals surface area contributed by atoms with E-state index in [0.29, 0.717) is 0 Å². The van der Waals surface area contributed by atoms with Gasteiger partial charge in [-0.3, -0.25) is 9.55 Å². The first-order valence-corrected chi connectivity index (χ1v) is 5.87. The van der Waals surface area contributed by atoms with Crippen LogP contribution in [0.15, 0.2) is 11.1 Å². The molecule has 0 saturated carbocycles. The van der Waals surface area contributed by atoms with Crippen LogP contribution in [-0.2, 0) is 4.74 Å². The van der Waals surface area contributed by atoms with Crippen LogP contribution in [0, 0.1) is 0 Å². The molecule has 0 unspecified atom stereocenters. The van der Waals surface area contributed by atoms with Crippen LogP contribution in [0.1, 0.15) is 6.23 Å². The molecule has 10 nitrogen and oxygen atoms in total. The minimum atomic E-state index is -1.29. The van der Waals surface area contributed by atoms with Gasteiger partial charge < -0.3 is 25.8 Å². The first kappa shape index (κ1) is 13.0. The maximum Gasteiger partial charge on any atom is 0.348 e. The minimum Gasteiger partial charge on any atom is -0.394 e. The predicted molar refractivity (Wildman–Crippen MR) is 65.6 cm³/mol. The fourth-order valence-electron chi connectivity index (χ4n) is 2.25. The number of nitrogen functional groups attached to an aromatic ring is 1. The largest absolute Gasteiger partial charge is 0.394 e. The number of hydrogen-bond acceptors (Lipinski definition) is 8. The van der Waals surface area contributed by atoms with Gasteiger partial charge in [0.15, 0.2) is 11.9 Å². The molecule has 0 bridgehead atoms. The molecule has 1 fully saturated rings. The highest BCUT2D eigenvalue weighted by Crippen LogP contribution is 2.31. The quantitative estimate of drug-likeness (QED) is 0.398. The molecular weight excluding hydrogens is 270 g/mol. The van der Waals surface area contributed by atoms with E-state index in [9.17, 15) is 15.0 Å². The maximum absolute atomic E-state index is 11.4. The highest BCUT2D eigenvalue weighted by molar-refractivity contribution is 5.81. The van der Waals surface area contributed by atoms with Crippen LogP contribution >= 0.6 is 0 Å². The molecule has 4 atom stereocenters. The van der Waals surface area contributed by atoms with Crippen molar-refractivity contribution in [1.29, 1.82) is 0 Å². The molecule has 1 aliphatic rings. The Balaban J connectivity index is 2.09. The van der Waals surface area contributed by atoms with E-state index in [1.807, 2.05) is 0 Å². The van der Waals surface area contributed by atoms with Crippen LogP contribution in [0.5, 0.6) is 0 Å². The number of ether oxygens (including phenoxy) is 1. The monoisotopic (exact) mass is 283 g/mol. The van der Waals surface area contributed by atoms with Crippen LogP contribution < -0.4 is 11.4 Å². The smallest absolute Gasteiger partial charge is 0.348 e. The third kappa shape index (κ3) is 1.78. The summed E-state index contributed by atoms with van der Waals surface area (Å²) in [4.78, 5) is 21.4. The summed E-state index contributed by atoms with van der Waals surface area (Å²) in [5, 5.41) is 28.7. The normalized spacial score (nSPS) is 30.1. The van der Waals surface area contributed by atoms with Crippen LogP contribution in [0.3, 0.4) is 0 Å². The lowest BCUT2D eigenvalue weighted by Gasteiger charge is -2.16. The highest BCUT2D eigenvalue weighted by Gasteiger charge is 2.44. The van der Waals surface area contributed by atoms with Crippen molar-refractivity contribution in [1.82, 2.24) is 19.5 Å². The molecule has 1 aliphatic heterocycles. The average molecular weight is 283 g/mol. The van der Waals surface area contributed by atoms with E-state index in [1.165, 1.54) is 10.9 Å². The number of rotatable bonds is 2. The topological polar surface area (TPSA) is 160 Å². The van der Waals surface area contributed by atoms with Crippen molar-refractivity contribution in [3.8, 4) is 0 Å². The Labute approximate surface area is 111 Å². The van der Waals surface area contributed by atoms with E-state index in [0.717, 1.165) is 0 Å². The number of aromatic nitrogens is 4. The Morgan fingerprint density at radius 1 is 1.45 bits per heavy atom. The molecule has 0 amide bonds. The number of nitrogens with one attached hydrogen (secondary N) is 1. The molecule has 0 radical (unpaired) electrons. The van der Waals surface area contributed by atoms with Crippen molar-refractivity contribution >= 4 is 17.0 Å². The van der Waals surface area contributed by atoms with Gasteiger partial charge in [0.1, 0.15) is 29.6 Å². The molecule has 2 aromatic rings. The summed E-state index contributed by atoms with van der Waals surface area (Å²) < 4.78 is 6.64. The molecular formula is C10H13N5O5. The second kappa shape index (κ2) is 4.52. The molecule has 0 aliphatic carbocycles. The third-order valence-corrected chi connectivity index (χ3v) is 3.26. The lowest BCUT2D eigenvalue weighted by molar-refractivity contribution is -0.0511. The van der Waals surface area contributed by atoms with E-state index in [2.05, 4.69) is 15.0 Å². The van der Waals surface area contributed by atoms with Crippen molar-refractivity contribution in [2.45, 2.75) is 24.5 Å². The van der Waals surface area contributed by atoms with Gasteiger partial charge in [-0.2, -0.15) is 4.98 Å². The molecule has 108 valence electrons. The molecule has 2 aromatic heterocycles. The maximum atomic E-state index is 11.4. The van der Waals surface area contributed by atoms with Crippen molar-refractivity contribution in [2.24, 2.45) is 0 Å². The third-order valence-electron chi connectivity index (χ3n) is 3.26. The van der Waals surface area contributed by atoms with Crippen LogP contribution in [0.25, 0.3) is 11.2 Å². The van der Waals surface area contributed by atoms with Gasteiger partial charge in [-0.05, 0) is 0 Å². The minimum absolute atomic E-state index is 0.0468. The number of hydrogen-bond donors (Lipinski definition) is 5. The Hall–Kier alpha value is -2.01. The van der Waals surface area contributed by atoms with E-state index in [1.54, 1.807) is 0 Å². The fraction of sp³-hybridized carbons (Fsp3) is 0.500. The average Bonchev–Trinajstić information content (AvgIpc) is 2.93. The van der Waals surface area contributed by atoms with Gasteiger partial charge >= 0.3 is 5.69 Å². The van der Waals surface area contributed by atoms with Crippen LogP contribution in [0.2, 0.25) is 0 Å². The fourth-order valence-corrected chi connectivity index (χ4v) is 2.25. The molecule has 10 heteroatoms. The summed E-state index contributed by atoms with van der Waals surface area (Å²) in [6.07, 6.45) is -3.18. The first-order chi connectivity index (χ1) is 9.52. The van der Waals surface area contributed by atoms with Crippen LogP contribution in [-0.4, -0.2) is 59.8 Å². The number of imidazole rings is 1.